The van der Waals surface area contributed by atoms with Gasteiger partial charge in [-0.2, -0.15) is 0 Å². The lowest BCUT2D eigenvalue weighted by Crippen LogP contribution is -2.34. The molecule has 0 saturated carbocycles. The number of amides is 3. The first-order valence-electron chi connectivity index (χ1n) is 10.6. The third-order valence-electron chi connectivity index (χ3n) is 4.28. The van der Waals surface area contributed by atoms with E-state index in [1.165, 1.54) is 6.08 Å². The summed E-state index contributed by atoms with van der Waals surface area (Å²) >= 11 is 0. The van der Waals surface area contributed by atoms with Gasteiger partial charge in [-0.25, -0.2) is 4.79 Å². The number of carbonyl (C=O) groups is 3. The van der Waals surface area contributed by atoms with Gasteiger partial charge >= 0.3 is 6.09 Å². The molecule has 0 unspecified atom stereocenters. The highest BCUT2D eigenvalue weighted by Gasteiger charge is 2.15. The van der Waals surface area contributed by atoms with Gasteiger partial charge in [0.05, 0.1) is 7.11 Å². The van der Waals surface area contributed by atoms with Crippen molar-refractivity contribution in [3.63, 3.8) is 0 Å². The minimum atomic E-state index is -0.584. The Hall–Kier alpha value is -3.81. The number of benzene rings is 2. The number of nitrogens with one attached hydrogen (secondary N) is 3. The first-order chi connectivity index (χ1) is 15.7. The molecule has 0 aliphatic heterocycles. The summed E-state index contributed by atoms with van der Waals surface area (Å²) in [7, 11) is 1.58. The average molecular weight is 454 g/mol. The maximum Gasteiger partial charge on any atom is 0.407 e. The van der Waals surface area contributed by atoms with Crippen LogP contribution in [-0.2, 0) is 20.9 Å². The number of anilines is 1. The lowest BCUT2D eigenvalue weighted by Gasteiger charge is -2.19. The fourth-order valence-electron chi connectivity index (χ4n) is 2.74. The van der Waals surface area contributed by atoms with E-state index in [-0.39, 0.29) is 24.8 Å². The fourth-order valence-corrected chi connectivity index (χ4v) is 2.74. The van der Waals surface area contributed by atoms with Crippen LogP contribution in [0.4, 0.5) is 10.5 Å². The van der Waals surface area contributed by atoms with E-state index in [1.807, 2.05) is 36.4 Å². The number of ether oxygens (including phenoxy) is 2. The van der Waals surface area contributed by atoms with Crippen molar-refractivity contribution in [3.05, 3.63) is 65.7 Å². The second kappa shape index (κ2) is 12.3. The molecule has 0 aromatic heterocycles. The fraction of sp³-hybridized carbons (Fsp3) is 0.320. The molecule has 8 nitrogen and oxygen atoms in total. The predicted octanol–water partition coefficient (Wildman–Crippen LogP) is 3.88. The van der Waals surface area contributed by atoms with E-state index in [9.17, 15) is 14.4 Å². The maximum atomic E-state index is 12.1. The van der Waals surface area contributed by atoms with E-state index in [0.717, 1.165) is 11.1 Å². The van der Waals surface area contributed by atoms with Crippen LogP contribution in [0.25, 0.3) is 6.08 Å². The van der Waals surface area contributed by atoms with E-state index in [0.29, 0.717) is 18.0 Å². The monoisotopic (exact) mass is 453 g/mol. The summed E-state index contributed by atoms with van der Waals surface area (Å²) in [6.07, 6.45) is 2.72. The smallest absolute Gasteiger partial charge is 0.407 e. The van der Waals surface area contributed by atoms with Crippen molar-refractivity contribution in [1.82, 2.24) is 10.6 Å². The SMILES string of the molecule is COc1ccccc1/C=C/C(=O)NCc1ccc(NC(=O)CCNC(=O)OC(C)(C)C)cc1. The molecule has 0 fully saturated rings. The molecule has 0 aliphatic rings. The highest BCUT2D eigenvalue weighted by Crippen LogP contribution is 2.18. The van der Waals surface area contributed by atoms with E-state index in [2.05, 4.69) is 16.0 Å². The van der Waals surface area contributed by atoms with Crippen molar-refractivity contribution in [1.29, 1.82) is 0 Å². The molecular formula is C25H31N3O5. The highest BCUT2D eigenvalue weighted by molar-refractivity contribution is 5.92. The van der Waals surface area contributed by atoms with Crippen LogP contribution in [0.15, 0.2) is 54.6 Å². The molecule has 2 aromatic carbocycles. The Kier molecular flexibility index (Phi) is 9.47. The first-order valence-corrected chi connectivity index (χ1v) is 10.6. The van der Waals surface area contributed by atoms with Crippen molar-refractivity contribution in [2.45, 2.75) is 39.3 Å². The number of hydrogen-bond donors (Lipinski definition) is 3. The molecule has 176 valence electrons. The molecule has 3 amide bonds. The number of para-hydroxylation sites is 1. The first kappa shape index (κ1) is 25.5. The second-order valence-electron chi connectivity index (χ2n) is 8.22. The van der Waals surface area contributed by atoms with Crippen LogP contribution in [0, 0.1) is 0 Å². The van der Waals surface area contributed by atoms with Crippen molar-refractivity contribution in [3.8, 4) is 5.75 Å². The van der Waals surface area contributed by atoms with E-state index in [1.54, 1.807) is 46.1 Å². The third-order valence-corrected chi connectivity index (χ3v) is 4.28. The summed E-state index contributed by atoms with van der Waals surface area (Å²) in [5, 5.41) is 8.12. The van der Waals surface area contributed by atoms with E-state index in [4.69, 9.17) is 9.47 Å². The van der Waals surface area contributed by atoms with Gasteiger partial charge in [0.15, 0.2) is 0 Å². The predicted molar refractivity (Wildman–Crippen MR) is 128 cm³/mol. The van der Waals surface area contributed by atoms with Gasteiger partial charge < -0.3 is 25.4 Å². The van der Waals surface area contributed by atoms with Crippen LogP contribution in [0.3, 0.4) is 0 Å². The largest absolute Gasteiger partial charge is 0.496 e. The van der Waals surface area contributed by atoms with Gasteiger partial charge in [0.25, 0.3) is 0 Å². The lowest BCUT2D eigenvalue weighted by atomic mass is 10.2. The molecule has 2 aromatic rings. The van der Waals surface area contributed by atoms with Gasteiger partial charge in [-0.3, -0.25) is 9.59 Å². The van der Waals surface area contributed by atoms with Crippen LogP contribution in [0.2, 0.25) is 0 Å². The molecule has 0 spiro atoms. The van der Waals surface area contributed by atoms with Crippen LogP contribution in [-0.4, -0.2) is 37.2 Å². The van der Waals surface area contributed by atoms with Gasteiger partial charge in [0.1, 0.15) is 11.4 Å². The third kappa shape index (κ3) is 9.90. The Morgan fingerprint density at radius 3 is 2.33 bits per heavy atom. The van der Waals surface area contributed by atoms with Gasteiger partial charge in [-0.15, -0.1) is 0 Å². The molecule has 0 radical (unpaired) electrons. The minimum absolute atomic E-state index is 0.121. The van der Waals surface area contributed by atoms with Gasteiger partial charge in [-0.1, -0.05) is 30.3 Å². The summed E-state index contributed by atoms with van der Waals surface area (Å²) in [5.41, 5.74) is 1.75. The number of methoxy groups -OCH3 is 1. The summed E-state index contributed by atoms with van der Waals surface area (Å²) in [4.78, 5) is 35.7. The van der Waals surface area contributed by atoms with Crippen molar-refractivity contribution in [2.24, 2.45) is 0 Å². The molecule has 0 heterocycles. The number of hydrogen-bond acceptors (Lipinski definition) is 5. The molecule has 0 aliphatic carbocycles. The average Bonchev–Trinajstić information content (AvgIpc) is 2.76. The van der Waals surface area contributed by atoms with Gasteiger partial charge in [-0.05, 0) is 50.6 Å². The van der Waals surface area contributed by atoms with Crippen LogP contribution in [0.1, 0.15) is 38.3 Å². The summed E-state index contributed by atoms with van der Waals surface area (Å²) in [6.45, 7) is 5.84. The molecule has 33 heavy (non-hydrogen) atoms. The second-order valence-corrected chi connectivity index (χ2v) is 8.22. The van der Waals surface area contributed by atoms with Crippen LogP contribution >= 0.6 is 0 Å². The minimum Gasteiger partial charge on any atom is -0.496 e. The molecular weight excluding hydrogens is 422 g/mol. The van der Waals surface area contributed by atoms with Gasteiger partial charge in [0.2, 0.25) is 11.8 Å². The quantitative estimate of drug-likeness (QED) is 0.500. The molecule has 0 bridgehead atoms. The molecule has 8 heteroatoms. The highest BCUT2D eigenvalue weighted by atomic mass is 16.6. The van der Waals surface area contributed by atoms with Crippen molar-refractivity contribution >= 4 is 29.7 Å². The summed E-state index contributed by atoms with van der Waals surface area (Å²) < 4.78 is 10.4. The Morgan fingerprint density at radius 2 is 1.67 bits per heavy atom. The summed E-state index contributed by atoms with van der Waals surface area (Å²) in [5.74, 6) is 0.240. The molecule has 0 atom stereocenters. The van der Waals surface area contributed by atoms with Crippen LogP contribution < -0.4 is 20.7 Å². The topological polar surface area (TPSA) is 106 Å². The normalized spacial score (nSPS) is 11.0. The van der Waals surface area contributed by atoms with Gasteiger partial charge in [0, 0.05) is 36.8 Å². The Labute approximate surface area is 194 Å². The zero-order chi connectivity index (χ0) is 24.3. The van der Waals surface area contributed by atoms with E-state index < -0.39 is 11.7 Å². The Bertz CT molecular complexity index is 978. The van der Waals surface area contributed by atoms with Crippen molar-refractivity contribution in [2.75, 3.05) is 19.0 Å². The molecule has 3 N–H and O–H groups in total. The molecule has 2 rings (SSSR count). The standard InChI is InChI=1S/C25H31N3O5/c1-25(2,3)33-24(31)26-16-15-23(30)28-20-12-9-18(10-13-20)17-27-22(29)14-11-19-7-5-6-8-21(19)32-4/h5-14H,15-17H2,1-4H3,(H,26,31)(H,27,29)(H,28,30)/b14-11+. The number of alkyl carbamates (subject to hydrolysis) is 1. The van der Waals surface area contributed by atoms with Crippen LogP contribution in [0.5, 0.6) is 5.75 Å². The van der Waals surface area contributed by atoms with Crippen molar-refractivity contribution < 1.29 is 23.9 Å². The van der Waals surface area contributed by atoms with E-state index >= 15 is 0 Å². The Morgan fingerprint density at radius 1 is 0.970 bits per heavy atom. The summed E-state index contributed by atoms with van der Waals surface area (Å²) in [6, 6.07) is 14.6. The zero-order valence-corrected chi connectivity index (χ0v) is 19.4. The maximum absolute atomic E-state index is 12.1. The Balaban J connectivity index is 1.74. The number of rotatable bonds is 9. The number of carbonyl (C=O) groups excluding carboxylic acids is 3. The molecule has 0 saturated heterocycles. The lowest BCUT2D eigenvalue weighted by molar-refractivity contribution is -0.117. The zero-order valence-electron chi connectivity index (χ0n) is 19.4.